The lowest BCUT2D eigenvalue weighted by Gasteiger charge is -2.32. The number of fused-ring (bicyclic) bond motifs is 5. The van der Waals surface area contributed by atoms with Crippen molar-refractivity contribution in [2.24, 2.45) is 29.4 Å². The van der Waals surface area contributed by atoms with E-state index in [0.29, 0.717) is 144 Å². The van der Waals surface area contributed by atoms with Crippen LogP contribution in [0, 0.1) is 23.7 Å². The number of aliphatic hydroxyl groups excluding tert-OH is 3. The van der Waals surface area contributed by atoms with Gasteiger partial charge < -0.3 is 136 Å². The summed E-state index contributed by atoms with van der Waals surface area (Å²) in [6.45, 7) is 12.3. The lowest BCUT2D eigenvalue weighted by Crippen LogP contribution is -2.62. The zero-order valence-corrected chi connectivity index (χ0v) is 67.8. The summed E-state index contributed by atoms with van der Waals surface area (Å²) >= 11 is 1.34. The molecule has 6 rings (SSSR count). The third-order valence-corrected chi connectivity index (χ3v) is 21.4. The molecule has 0 saturated carbocycles. The number of carbonyl (C=O) groups is 11. The van der Waals surface area contributed by atoms with Crippen LogP contribution in [0.2, 0.25) is 0 Å². The normalized spacial score (nSPS) is 21.9. The Labute approximate surface area is 679 Å². The number of aliphatic carboxylic acids is 1. The van der Waals surface area contributed by atoms with Crippen LogP contribution < -0.4 is 53.9 Å². The van der Waals surface area contributed by atoms with Crippen LogP contribution in [0.25, 0.3) is 10.9 Å². The zero-order valence-electron chi connectivity index (χ0n) is 66.2. The second-order valence-corrected chi connectivity index (χ2v) is 30.3. The molecule has 17 N–H and O–H groups in total. The Bertz CT molecular complexity index is 3530. The van der Waals surface area contributed by atoms with Gasteiger partial charge in [0, 0.05) is 72.2 Å². The second kappa shape index (κ2) is 53.6. The van der Waals surface area contributed by atoms with Gasteiger partial charge in [0.25, 0.3) is 0 Å². The minimum Gasteiger partial charge on any atom is -0.508 e. The number of phenolic OH excluding ortho intramolecular Hbond substituents is 1. The highest BCUT2D eigenvalue weighted by atomic mass is 32.2. The molecule has 1 fully saturated rings. The summed E-state index contributed by atoms with van der Waals surface area (Å²) in [5.74, 6) is -14.3. The number of phenols is 1. The minimum absolute atomic E-state index is 0.0613. The van der Waals surface area contributed by atoms with E-state index in [1.807, 2.05) is 0 Å². The number of nitrogens with zero attached hydrogens (tertiary/aromatic N) is 2. The lowest BCUT2D eigenvalue weighted by atomic mass is 9.86. The number of nitrogens with one attached hydrogen (secondary N) is 10. The van der Waals surface area contributed by atoms with Gasteiger partial charge in [0.2, 0.25) is 53.2 Å². The number of benzene rings is 1. The summed E-state index contributed by atoms with van der Waals surface area (Å²) in [6, 6.07) is -6.14. The highest BCUT2D eigenvalue weighted by Crippen LogP contribution is 2.36. The van der Waals surface area contributed by atoms with Crippen molar-refractivity contribution < 1.29 is 135 Å². The topological polar surface area (TPSA) is 564 Å². The number of rotatable bonds is 50. The Morgan fingerprint density at radius 1 is 0.681 bits per heavy atom. The first kappa shape index (κ1) is 97.0. The number of primary amides is 1. The van der Waals surface area contributed by atoms with Gasteiger partial charge >= 0.3 is 5.97 Å². The molecule has 0 radical (unpaired) electrons. The molecule has 116 heavy (non-hydrogen) atoms. The smallest absolute Gasteiger partial charge is 0.304 e. The highest BCUT2D eigenvalue weighted by Gasteiger charge is 2.45. The third kappa shape index (κ3) is 34.2. The number of hydrazine groups is 2. The van der Waals surface area contributed by atoms with Crippen molar-refractivity contribution in [3.8, 4) is 5.75 Å². The quantitative estimate of drug-likeness (QED) is 0.0276. The number of H-pyrrole nitrogens is 1. The molecule has 4 aliphatic rings. The fraction of sp³-hybridized carbons (Fsp3) is 0.712. The molecule has 1 aromatic carbocycles. The molecular formula is C73H117N13O28S2. The Morgan fingerprint density at radius 2 is 1.23 bits per heavy atom. The molecule has 9 amide bonds. The SMILES string of the molecule is CC[C@H](C)[C@@H]1CC(=O)CNC(=O)[C@@H]2Cc3c([nH]c4c(CSCCOCCOCCOCCOCCOCCOCCOCCOCCOCCOCCOCCN5C=C(CNC(=O)C(C)CC(=O)O)NN5)c(O)ccc34)S(=O)C[C@@H](NC(=O)CNC1=O)C(=O)N[C@@H](CC(N)=O)C(=O)N1C[C@H](O)C[C@H]1C(=O)N[C@@H]([C@@H](C)[C@@H](O)CO)C(=O)N2. The van der Waals surface area contributed by atoms with E-state index in [4.69, 9.17) is 62.9 Å². The number of aromatic hydroxyl groups is 1. The number of aromatic amines is 1. The number of Topliss-reactive ketones (excluding diaryl/α,β-unsaturated/α-hetero) is 1. The molecule has 1 saturated heterocycles. The molecule has 5 heterocycles. The Kier molecular flexibility index (Phi) is 44.8. The predicted molar refractivity (Wildman–Crippen MR) is 414 cm³/mol. The van der Waals surface area contributed by atoms with E-state index >= 15 is 4.21 Å². The van der Waals surface area contributed by atoms with Crippen LogP contribution in [0.4, 0.5) is 0 Å². The maximum Gasteiger partial charge on any atom is 0.304 e. The number of aromatic nitrogens is 1. The summed E-state index contributed by atoms with van der Waals surface area (Å²) in [6.07, 6.45) is -3.43. The number of hydrogen-bond acceptors (Lipinski definition) is 31. The largest absolute Gasteiger partial charge is 0.508 e. The van der Waals surface area contributed by atoms with Crippen LogP contribution in [-0.4, -0.2) is 348 Å². The average molecular weight is 1690 g/mol. The molecule has 41 nitrogen and oxygen atoms in total. The summed E-state index contributed by atoms with van der Waals surface area (Å²) in [7, 11) is -2.48. The van der Waals surface area contributed by atoms with Crippen LogP contribution in [0.1, 0.15) is 70.9 Å². The maximum atomic E-state index is 15.3. The van der Waals surface area contributed by atoms with E-state index in [9.17, 15) is 73.2 Å². The van der Waals surface area contributed by atoms with Gasteiger partial charge in [-0.2, -0.15) is 11.8 Å². The molecule has 0 aliphatic carbocycles. The molecule has 12 atom stereocenters. The van der Waals surface area contributed by atoms with E-state index in [1.54, 1.807) is 32.0 Å². The van der Waals surface area contributed by atoms with E-state index in [0.717, 1.165) is 10.6 Å². The van der Waals surface area contributed by atoms with Crippen molar-refractivity contribution in [1.82, 2.24) is 63.1 Å². The van der Waals surface area contributed by atoms with Gasteiger partial charge in [0.15, 0.2) is 5.78 Å². The summed E-state index contributed by atoms with van der Waals surface area (Å²) in [4.78, 5) is 154. The Balaban J connectivity index is 0.894. The molecule has 2 unspecified atom stereocenters. The number of carboxylic acids is 1. The summed E-state index contributed by atoms with van der Waals surface area (Å²) < 4.78 is 76.7. The highest BCUT2D eigenvalue weighted by molar-refractivity contribution is 7.98. The number of aliphatic hydroxyl groups is 3. The van der Waals surface area contributed by atoms with E-state index in [1.165, 1.54) is 30.8 Å². The zero-order chi connectivity index (χ0) is 84.3. The van der Waals surface area contributed by atoms with Gasteiger partial charge in [0.05, 0.1) is 231 Å². The number of nitrogens with two attached hydrogens (primary N) is 1. The van der Waals surface area contributed by atoms with E-state index < -0.39 is 194 Å². The van der Waals surface area contributed by atoms with Gasteiger partial charge in [-0.25, -0.2) is 0 Å². The van der Waals surface area contributed by atoms with Crippen LogP contribution in [0.15, 0.2) is 29.1 Å². The first-order valence-electron chi connectivity index (χ1n) is 38.8. The van der Waals surface area contributed by atoms with Crippen molar-refractivity contribution >= 4 is 98.4 Å². The van der Waals surface area contributed by atoms with Crippen molar-refractivity contribution in [3.05, 3.63) is 35.2 Å². The number of carboxylic acid groups (broad SMARTS) is 1. The number of carbonyl (C=O) groups excluding carboxylic acids is 10. The first-order chi connectivity index (χ1) is 55.8. The maximum absolute atomic E-state index is 15.3. The molecule has 2 bridgehead atoms. The first-order valence-corrected chi connectivity index (χ1v) is 41.3. The predicted octanol–water partition coefficient (Wildman–Crippen LogP) is -5.02. The van der Waals surface area contributed by atoms with Crippen molar-refractivity contribution in [2.75, 3.05) is 196 Å². The molecule has 654 valence electrons. The van der Waals surface area contributed by atoms with Crippen LogP contribution in [0.3, 0.4) is 0 Å². The number of ether oxygens (including phenoxy) is 11. The summed E-state index contributed by atoms with van der Waals surface area (Å²) in [5, 5.41) is 71.8. The van der Waals surface area contributed by atoms with Crippen molar-refractivity contribution in [3.63, 3.8) is 0 Å². The molecule has 0 spiro atoms. The molecule has 2 aromatic rings. The van der Waals surface area contributed by atoms with Crippen LogP contribution in [0.5, 0.6) is 5.75 Å². The van der Waals surface area contributed by atoms with Crippen molar-refractivity contribution in [1.29, 1.82) is 0 Å². The number of amides is 9. The van der Waals surface area contributed by atoms with Gasteiger partial charge in [-0.3, -0.25) is 62.0 Å². The average Bonchev–Trinajstić information content (AvgIpc) is 1.61. The van der Waals surface area contributed by atoms with E-state index in [2.05, 4.69) is 53.2 Å². The fourth-order valence-electron chi connectivity index (χ4n) is 12.3. The van der Waals surface area contributed by atoms with Gasteiger partial charge in [0.1, 0.15) is 41.0 Å². The standard InChI is InChI=1S/C73H117N13O28S2/c1-5-45(2)52-33-49(88)38-76-68(98)55-35-53-51-6-7-59(90)54(65(51)82-72(53)116(103)44-57(78-62(93)39-77-67(52)97)69(99)80-56(36-61(74)92)73(102)86-41-50(89)34-58(86)70(100)81-64(71(101)79-55)47(4)60(91)42-87)43-115-31-30-114-29-28-113-27-26-112-25-24-111-23-22-110-21-20-109-19-18-108-17-16-107-15-14-106-13-12-105-11-10-104-9-8-85-40-48(83-84-85)37-75-66(96)46(3)32-63(94)95/h6-7,40,45-47,50,52,55-58,60,64,82-84,87,89-91H,5,8-39,41-44H2,1-4H3,(H2,74,92)(H,75,96)(H,76,98)(H,77,97)(H,78,93)(H,79,101)(H,80,99)(H,81,100)(H,94,95)/t45-,46?,47-,50+,52-,55-,56-,57+,58-,60-,64-,116?/m0/s1. The number of thioether (sulfide) groups is 1. The second-order valence-electron chi connectivity index (χ2n) is 27.8. The van der Waals surface area contributed by atoms with Gasteiger partial charge in [-0.1, -0.05) is 34.1 Å². The fourth-order valence-corrected chi connectivity index (χ4v) is 14.6. The lowest BCUT2D eigenvalue weighted by molar-refractivity contribution is -0.144. The van der Waals surface area contributed by atoms with Crippen LogP contribution >= 0.6 is 11.8 Å². The third-order valence-electron chi connectivity index (χ3n) is 19.0. The monoisotopic (exact) mass is 1690 g/mol. The van der Waals surface area contributed by atoms with Gasteiger partial charge in [-0.15, -0.1) is 5.53 Å². The Morgan fingerprint density at radius 3 is 1.78 bits per heavy atom. The molecule has 43 heteroatoms. The molecule has 1 aromatic heterocycles. The van der Waals surface area contributed by atoms with Crippen LogP contribution in [-0.2, 0) is 128 Å². The minimum atomic E-state index is -2.48. The Hall–Kier alpha value is -7.83. The molecular weight excluding hydrogens is 1570 g/mol. The van der Waals surface area contributed by atoms with Crippen molar-refractivity contribution in [2.45, 2.75) is 119 Å². The van der Waals surface area contributed by atoms with Gasteiger partial charge in [-0.05, 0) is 23.6 Å². The molecule has 4 aliphatic heterocycles. The number of hydrogen-bond donors (Lipinski definition) is 16. The van der Waals surface area contributed by atoms with E-state index in [-0.39, 0.29) is 77.3 Å². The summed E-state index contributed by atoms with van der Waals surface area (Å²) in [5.41, 5.74) is 12.7. The number of ketones is 1.